The molecule has 1 aromatic heterocycles. The molecule has 1 heterocycles. The Morgan fingerprint density at radius 3 is 2.42 bits per heavy atom. The summed E-state index contributed by atoms with van der Waals surface area (Å²) >= 11 is 1.49. The van der Waals surface area contributed by atoms with Crippen molar-refractivity contribution in [1.29, 1.82) is 0 Å². The van der Waals surface area contributed by atoms with Crippen molar-refractivity contribution in [1.82, 2.24) is 14.8 Å². The molecule has 0 fully saturated rings. The quantitative estimate of drug-likeness (QED) is 0.400. The zero-order valence-electron chi connectivity index (χ0n) is 12.7. The number of aromatic nitrogens is 3. The largest absolute Gasteiger partial charge is 0.305 e. The van der Waals surface area contributed by atoms with Crippen LogP contribution in [0.25, 0.3) is 11.4 Å². The Morgan fingerprint density at radius 2 is 1.79 bits per heavy atom. The van der Waals surface area contributed by atoms with Crippen molar-refractivity contribution in [2.75, 3.05) is 0 Å². The van der Waals surface area contributed by atoms with E-state index in [2.05, 4.69) is 10.2 Å². The summed E-state index contributed by atoms with van der Waals surface area (Å²) in [5, 5.41) is 19.7. The molecule has 0 aliphatic carbocycles. The number of thioether (sulfide) groups is 1. The van der Waals surface area contributed by atoms with Gasteiger partial charge < -0.3 is 4.57 Å². The highest BCUT2D eigenvalue weighted by molar-refractivity contribution is 7.98. The van der Waals surface area contributed by atoms with Crippen LogP contribution in [0, 0.1) is 15.9 Å². The van der Waals surface area contributed by atoms with E-state index in [1.165, 1.54) is 36.0 Å². The second-order valence-electron chi connectivity index (χ2n) is 5.08. The average Bonchev–Trinajstić information content (AvgIpc) is 2.95. The number of halogens is 1. The maximum absolute atomic E-state index is 12.9. The fourth-order valence-corrected chi connectivity index (χ4v) is 3.02. The summed E-state index contributed by atoms with van der Waals surface area (Å²) in [5.41, 5.74) is 1.78. The molecule has 0 atom stereocenters. The number of non-ortho nitro benzene ring substituents is 1. The number of nitro benzene ring substituents is 1. The SMILES string of the molecule is Cn1c(SCc2ccc(F)cc2)nnc1-c1ccc([N+](=O)[O-])cc1. The van der Waals surface area contributed by atoms with E-state index in [9.17, 15) is 14.5 Å². The highest BCUT2D eigenvalue weighted by atomic mass is 32.2. The van der Waals surface area contributed by atoms with Gasteiger partial charge in [-0.05, 0) is 29.8 Å². The van der Waals surface area contributed by atoms with E-state index in [0.717, 1.165) is 11.1 Å². The van der Waals surface area contributed by atoms with Gasteiger partial charge in [0.15, 0.2) is 11.0 Å². The molecule has 3 aromatic rings. The number of rotatable bonds is 5. The van der Waals surface area contributed by atoms with E-state index in [0.29, 0.717) is 16.7 Å². The zero-order valence-corrected chi connectivity index (χ0v) is 13.5. The van der Waals surface area contributed by atoms with Gasteiger partial charge in [0.25, 0.3) is 5.69 Å². The Hall–Kier alpha value is -2.74. The minimum absolute atomic E-state index is 0.0341. The number of hydrogen-bond donors (Lipinski definition) is 0. The van der Waals surface area contributed by atoms with Gasteiger partial charge in [0, 0.05) is 30.5 Å². The first kappa shape index (κ1) is 16.1. The third kappa shape index (κ3) is 3.43. The Labute approximate surface area is 141 Å². The maximum Gasteiger partial charge on any atom is 0.269 e. The number of nitro groups is 1. The Morgan fingerprint density at radius 1 is 1.12 bits per heavy atom. The van der Waals surface area contributed by atoms with Crippen molar-refractivity contribution in [3.8, 4) is 11.4 Å². The van der Waals surface area contributed by atoms with Crippen LogP contribution in [0.2, 0.25) is 0 Å². The summed E-state index contributed by atoms with van der Waals surface area (Å²) in [6.45, 7) is 0. The maximum atomic E-state index is 12.9. The molecule has 0 saturated heterocycles. The highest BCUT2D eigenvalue weighted by Gasteiger charge is 2.13. The summed E-state index contributed by atoms with van der Waals surface area (Å²) in [5.74, 6) is 1.02. The van der Waals surface area contributed by atoms with Crippen molar-refractivity contribution >= 4 is 17.4 Å². The summed E-state index contributed by atoms with van der Waals surface area (Å²) in [6, 6.07) is 12.5. The molecule has 0 saturated carbocycles. The molecule has 0 aliphatic heterocycles. The average molecular weight is 344 g/mol. The molecule has 0 amide bonds. The van der Waals surface area contributed by atoms with Crippen LogP contribution in [0.1, 0.15) is 5.56 Å². The highest BCUT2D eigenvalue weighted by Crippen LogP contribution is 2.26. The molecule has 122 valence electrons. The fraction of sp³-hybridized carbons (Fsp3) is 0.125. The molecular formula is C16H13FN4O2S. The second-order valence-corrected chi connectivity index (χ2v) is 6.03. The van der Waals surface area contributed by atoms with Gasteiger partial charge in [0.2, 0.25) is 0 Å². The number of nitrogens with zero attached hydrogens (tertiary/aromatic N) is 4. The third-order valence-electron chi connectivity index (χ3n) is 3.45. The Kier molecular flexibility index (Phi) is 4.57. The molecule has 0 N–H and O–H groups in total. The lowest BCUT2D eigenvalue weighted by Gasteiger charge is -2.04. The predicted octanol–water partition coefficient (Wildman–Crippen LogP) is 3.82. The molecular weight excluding hydrogens is 331 g/mol. The number of benzene rings is 2. The molecule has 0 spiro atoms. The first-order chi connectivity index (χ1) is 11.5. The molecule has 3 rings (SSSR count). The Balaban J connectivity index is 1.75. The number of hydrogen-bond acceptors (Lipinski definition) is 5. The van der Waals surface area contributed by atoms with E-state index in [4.69, 9.17) is 0 Å². The zero-order chi connectivity index (χ0) is 17.1. The predicted molar refractivity (Wildman–Crippen MR) is 89.1 cm³/mol. The first-order valence-electron chi connectivity index (χ1n) is 7.06. The van der Waals surface area contributed by atoms with Gasteiger partial charge in [-0.3, -0.25) is 10.1 Å². The standard InChI is InChI=1S/C16H13FN4O2S/c1-20-15(12-4-8-14(9-5-12)21(22)23)18-19-16(20)24-10-11-2-6-13(17)7-3-11/h2-9H,10H2,1H3. The summed E-state index contributed by atoms with van der Waals surface area (Å²) < 4.78 is 14.7. The molecule has 2 aromatic carbocycles. The summed E-state index contributed by atoms with van der Waals surface area (Å²) in [7, 11) is 1.84. The Bertz CT molecular complexity index is 863. The van der Waals surface area contributed by atoms with Gasteiger partial charge in [0.1, 0.15) is 5.82 Å². The third-order valence-corrected chi connectivity index (χ3v) is 4.54. The van der Waals surface area contributed by atoms with Crippen molar-refractivity contribution in [2.45, 2.75) is 10.9 Å². The van der Waals surface area contributed by atoms with E-state index >= 15 is 0 Å². The lowest BCUT2D eigenvalue weighted by atomic mass is 10.2. The normalized spacial score (nSPS) is 10.8. The van der Waals surface area contributed by atoms with Gasteiger partial charge in [-0.25, -0.2) is 4.39 Å². The van der Waals surface area contributed by atoms with Crippen molar-refractivity contribution in [2.24, 2.45) is 7.05 Å². The van der Waals surface area contributed by atoms with Gasteiger partial charge in [0.05, 0.1) is 4.92 Å². The van der Waals surface area contributed by atoms with Gasteiger partial charge >= 0.3 is 0 Å². The molecule has 6 nitrogen and oxygen atoms in total. The van der Waals surface area contributed by atoms with Crippen LogP contribution in [0.3, 0.4) is 0 Å². The monoisotopic (exact) mass is 344 g/mol. The summed E-state index contributed by atoms with van der Waals surface area (Å²) in [6.07, 6.45) is 0. The van der Waals surface area contributed by atoms with E-state index in [-0.39, 0.29) is 11.5 Å². The van der Waals surface area contributed by atoms with Gasteiger partial charge in [-0.1, -0.05) is 23.9 Å². The van der Waals surface area contributed by atoms with E-state index in [1.807, 2.05) is 11.6 Å². The van der Waals surface area contributed by atoms with Crippen LogP contribution < -0.4 is 0 Å². The van der Waals surface area contributed by atoms with Crippen molar-refractivity contribution in [3.63, 3.8) is 0 Å². The fourth-order valence-electron chi connectivity index (χ4n) is 2.15. The van der Waals surface area contributed by atoms with Crippen LogP contribution in [-0.4, -0.2) is 19.7 Å². The van der Waals surface area contributed by atoms with E-state index < -0.39 is 4.92 Å². The van der Waals surface area contributed by atoms with Crippen LogP contribution >= 0.6 is 11.8 Å². The molecule has 0 radical (unpaired) electrons. The van der Waals surface area contributed by atoms with Crippen LogP contribution in [-0.2, 0) is 12.8 Å². The lowest BCUT2D eigenvalue weighted by Crippen LogP contribution is -1.95. The second kappa shape index (κ2) is 6.79. The molecule has 0 bridgehead atoms. The van der Waals surface area contributed by atoms with Crippen LogP contribution in [0.4, 0.5) is 10.1 Å². The lowest BCUT2D eigenvalue weighted by molar-refractivity contribution is -0.384. The van der Waals surface area contributed by atoms with Crippen LogP contribution in [0.15, 0.2) is 53.7 Å². The van der Waals surface area contributed by atoms with Crippen molar-refractivity contribution in [3.05, 3.63) is 70.0 Å². The van der Waals surface area contributed by atoms with E-state index in [1.54, 1.807) is 24.3 Å². The smallest absolute Gasteiger partial charge is 0.269 e. The minimum atomic E-state index is -0.440. The first-order valence-corrected chi connectivity index (χ1v) is 8.04. The molecule has 8 heteroatoms. The van der Waals surface area contributed by atoms with Gasteiger partial charge in [-0.2, -0.15) is 0 Å². The minimum Gasteiger partial charge on any atom is -0.305 e. The van der Waals surface area contributed by atoms with Gasteiger partial charge in [-0.15, -0.1) is 10.2 Å². The topological polar surface area (TPSA) is 73.8 Å². The van der Waals surface area contributed by atoms with Crippen molar-refractivity contribution < 1.29 is 9.31 Å². The molecule has 0 unspecified atom stereocenters. The molecule has 24 heavy (non-hydrogen) atoms. The van der Waals surface area contributed by atoms with Crippen LogP contribution in [0.5, 0.6) is 0 Å². The summed E-state index contributed by atoms with van der Waals surface area (Å²) in [4.78, 5) is 10.3. The molecule has 0 aliphatic rings.